The maximum Gasteiger partial charge on any atom is 0.260 e. The number of methoxy groups -OCH3 is 3. The van der Waals surface area contributed by atoms with E-state index in [1.165, 1.54) is 6.21 Å². The highest BCUT2D eigenvalue weighted by Gasteiger charge is 2.24. The average Bonchev–Trinajstić information content (AvgIpc) is 2.83. The largest absolute Gasteiger partial charge is 0.493 e. The average molecular weight is 450 g/mol. The van der Waals surface area contributed by atoms with Crippen molar-refractivity contribution in [3.63, 3.8) is 0 Å². The first-order valence-corrected chi connectivity index (χ1v) is 10.7. The van der Waals surface area contributed by atoms with Gasteiger partial charge in [0, 0.05) is 15.4 Å². The summed E-state index contributed by atoms with van der Waals surface area (Å²) < 4.78 is 16.0. The zero-order valence-corrected chi connectivity index (χ0v) is 18.8. The van der Waals surface area contributed by atoms with Crippen LogP contribution in [0.1, 0.15) is 5.56 Å². The Morgan fingerprint density at radius 3 is 2.03 bits per heavy atom. The first kappa shape index (κ1) is 21.6. The number of hydrogen-bond donors (Lipinski definition) is 1. The predicted octanol–water partition coefficient (Wildman–Crippen LogP) is 4.47. The van der Waals surface area contributed by atoms with Crippen molar-refractivity contribution < 1.29 is 19.0 Å². The second-order valence-corrected chi connectivity index (χ2v) is 7.96. The van der Waals surface area contributed by atoms with Gasteiger partial charge in [0.25, 0.3) is 5.91 Å². The summed E-state index contributed by atoms with van der Waals surface area (Å²) in [5.41, 5.74) is 5.31. The second kappa shape index (κ2) is 9.65. The summed E-state index contributed by atoms with van der Waals surface area (Å²) in [5.74, 6) is 1.29. The fraction of sp³-hybridized carbons (Fsp3) is 0.167. The van der Waals surface area contributed by atoms with Crippen molar-refractivity contribution in [3.8, 4) is 17.2 Å². The highest BCUT2D eigenvalue weighted by molar-refractivity contribution is 7.99. The smallest absolute Gasteiger partial charge is 0.260 e. The molecule has 0 saturated heterocycles. The van der Waals surface area contributed by atoms with Crippen LogP contribution in [0.5, 0.6) is 17.2 Å². The van der Waals surface area contributed by atoms with E-state index in [4.69, 9.17) is 14.2 Å². The second-order valence-electron chi connectivity index (χ2n) is 6.88. The Bertz CT molecular complexity index is 1090. The highest BCUT2D eigenvalue weighted by atomic mass is 32.2. The number of benzene rings is 3. The molecule has 1 amide bonds. The summed E-state index contributed by atoms with van der Waals surface area (Å²) in [6.07, 6.45) is 1.54. The van der Waals surface area contributed by atoms with Gasteiger partial charge in [0.1, 0.15) is 6.54 Å². The lowest BCUT2D eigenvalue weighted by Crippen LogP contribution is -2.33. The molecule has 4 rings (SSSR count). The van der Waals surface area contributed by atoms with E-state index >= 15 is 0 Å². The number of fused-ring (bicyclic) bond motifs is 2. The van der Waals surface area contributed by atoms with E-state index in [0.29, 0.717) is 22.8 Å². The Labute approximate surface area is 191 Å². The number of carbonyl (C=O) groups excluding carboxylic acids is 1. The first-order valence-electron chi connectivity index (χ1n) is 9.90. The van der Waals surface area contributed by atoms with Crippen LogP contribution in [0.3, 0.4) is 0 Å². The van der Waals surface area contributed by atoms with Crippen LogP contribution in [0.25, 0.3) is 0 Å². The van der Waals surface area contributed by atoms with Crippen LogP contribution in [0.15, 0.2) is 75.6 Å². The van der Waals surface area contributed by atoms with Crippen molar-refractivity contribution in [2.45, 2.75) is 9.79 Å². The molecule has 1 aliphatic heterocycles. The molecule has 0 unspecified atom stereocenters. The van der Waals surface area contributed by atoms with Gasteiger partial charge in [-0.3, -0.25) is 4.79 Å². The van der Waals surface area contributed by atoms with Gasteiger partial charge in [0.2, 0.25) is 5.75 Å². The summed E-state index contributed by atoms with van der Waals surface area (Å²) in [7, 11) is 4.64. The van der Waals surface area contributed by atoms with Crippen molar-refractivity contribution in [2.24, 2.45) is 5.10 Å². The molecule has 32 heavy (non-hydrogen) atoms. The van der Waals surface area contributed by atoms with E-state index in [9.17, 15) is 4.79 Å². The van der Waals surface area contributed by atoms with Gasteiger partial charge in [0.15, 0.2) is 11.5 Å². The van der Waals surface area contributed by atoms with Crippen molar-refractivity contribution in [1.29, 1.82) is 0 Å². The van der Waals surface area contributed by atoms with Crippen molar-refractivity contribution in [1.82, 2.24) is 5.43 Å². The van der Waals surface area contributed by atoms with E-state index < -0.39 is 0 Å². The summed E-state index contributed by atoms with van der Waals surface area (Å²) in [4.78, 5) is 17.0. The lowest BCUT2D eigenvalue weighted by Gasteiger charge is -2.31. The zero-order valence-electron chi connectivity index (χ0n) is 18.0. The number of ether oxygens (including phenoxy) is 3. The Morgan fingerprint density at radius 1 is 0.938 bits per heavy atom. The number of carbonyl (C=O) groups is 1. The standard InChI is InChI=1S/C24H23N3O4S/c1-29-19-12-16(13-20(30-2)24(19)31-3)14-25-26-23(28)15-27-17-8-4-6-10-21(17)32-22-11-7-5-9-18(22)27/h4-14H,15H2,1-3H3,(H,26,28)/b25-14+. The third-order valence-electron chi connectivity index (χ3n) is 4.92. The molecular weight excluding hydrogens is 426 g/mol. The quantitative estimate of drug-likeness (QED) is 0.424. The van der Waals surface area contributed by atoms with Crippen LogP contribution in [-0.4, -0.2) is 40.0 Å². The Morgan fingerprint density at radius 2 is 1.50 bits per heavy atom. The number of nitrogens with zero attached hydrogens (tertiary/aromatic N) is 2. The fourth-order valence-corrected chi connectivity index (χ4v) is 4.58. The number of anilines is 2. The minimum atomic E-state index is -0.231. The van der Waals surface area contributed by atoms with E-state index in [1.54, 1.807) is 45.2 Å². The summed E-state index contributed by atoms with van der Waals surface area (Å²) in [6.45, 7) is 0.140. The minimum Gasteiger partial charge on any atom is -0.493 e. The highest BCUT2D eigenvalue weighted by Crippen LogP contribution is 2.47. The van der Waals surface area contributed by atoms with Crippen LogP contribution >= 0.6 is 11.8 Å². The Balaban J connectivity index is 1.50. The van der Waals surface area contributed by atoms with Crippen molar-refractivity contribution >= 4 is 35.3 Å². The van der Waals surface area contributed by atoms with Gasteiger partial charge in [0.05, 0.1) is 38.9 Å². The number of para-hydroxylation sites is 2. The summed E-state index contributed by atoms with van der Waals surface area (Å²) in [5, 5.41) is 4.12. The molecule has 0 saturated carbocycles. The van der Waals surface area contributed by atoms with Gasteiger partial charge in [-0.1, -0.05) is 36.0 Å². The lowest BCUT2D eigenvalue weighted by molar-refractivity contribution is -0.119. The summed E-state index contributed by atoms with van der Waals surface area (Å²) >= 11 is 1.70. The lowest BCUT2D eigenvalue weighted by atomic mass is 10.2. The van der Waals surface area contributed by atoms with Crippen molar-refractivity contribution in [3.05, 3.63) is 66.2 Å². The molecule has 1 N–H and O–H groups in total. The Hall–Kier alpha value is -3.65. The van der Waals surface area contributed by atoms with Crippen LogP contribution in [-0.2, 0) is 4.79 Å². The molecule has 0 atom stereocenters. The maximum atomic E-state index is 12.7. The van der Waals surface area contributed by atoms with E-state index in [0.717, 1.165) is 21.2 Å². The van der Waals surface area contributed by atoms with Gasteiger partial charge in [-0.15, -0.1) is 0 Å². The molecule has 3 aromatic carbocycles. The molecular formula is C24H23N3O4S. The number of nitrogens with one attached hydrogen (secondary N) is 1. The predicted molar refractivity (Wildman–Crippen MR) is 126 cm³/mol. The van der Waals surface area contributed by atoms with Crippen LogP contribution in [0.4, 0.5) is 11.4 Å². The molecule has 0 aliphatic carbocycles. The van der Waals surface area contributed by atoms with Crippen LogP contribution < -0.4 is 24.5 Å². The normalized spacial score (nSPS) is 12.2. The first-order chi connectivity index (χ1) is 15.6. The van der Waals surface area contributed by atoms with Gasteiger partial charge in [-0.05, 0) is 36.4 Å². The molecule has 8 heteroatoms. The fourth-order valence-electron chi connectivity index (χ4n) is 3.49. The topological polar surface area (TPSA) is 72.4 Å². The molecule has 0 fully saturated rings. The van der Waals surface area contributed by atoms with E-state index in [-0.39, 0.29) is 12.5 Å². The molecule has 0 radical (unpaired) electrons. The van der Waals surface area contributed by atoms with E-state index in [2.05, 4.69) is 22.7 Å². The monoisotopic (exact) mass is 449 g/mol. The summed E-state index contributed by atoms with van der Waals surface area (Å²) in [6, 6.07) is 19.6. The van der Waals surface area contributed by atoms with Crippen molar-refractivity contribution in [2.75, 3.05) is 32.8 Å². The molecule has 0 bridgehead atoms. The van der Waals surface area contributed by atoms with Gasteiger partial charge in [-0.2, -0.15) is 5.10 Å². The van der Waals surface area contributed by atoms with Gasteiger partial charge in [-0.25, -0.2) is 5.43 Å². The Kier molecular flexibility index (Phi) is 6.51. The number of hydrazone groups is 1. The number of amides is 1. The van der Waals surface area contributed by atoms with Crippen LogP contribution in [0.2, 0.25) is 0 Å². The molecule has 3 aromatic rings. The number of hydrogen-bond acceptors (Lipinski definition) is 7. The number of rotatable bonds is 7. The SMILES string of the molecule is COc1cc(/C=N/NC(=O)CN2c3ccccc3Sc3ccccc32)cc(OC)c1OC. The third kappa shape index (κ3) is 4.36. The van der Waals surface area contributed by atoms with E-state index in [1.807, 2.05) is 41.3 Å². The molecule has 164 valence electrons. The molecule has 1 heterocycles. The third-order valence-corrected chi connectivity index (χ3v) is 6.05. The van der Waals surface area contributed by atoms with Crippen LogP contribution in [0, 0.1) is 0 Å². The van der Waals surface area contributed by atoms with Gasteiger partial charge >= 0.3 is 0 Å². The zero-order chi connectivity index (χ0) is 22.5. The molecule has 7 nitrogen and oxygen atoms in total. The minimum absolute atomic E-state index is 0.140. The van der Waals surface area contributed by atoms with Gasteiger partial charge < -0.3 is 19.1 Å². The molecule has 0 aromatic heterocycles. The molecule has 1 aliphatic rings. The molecule has 0 spiro atoms. The maximum absolute atomic E-state index is 12.7.